The van der Waals surface area contributed by atoms with E-state index in [2.05, 4.69) is 29.5 Å². The lowest BCUT2D eigenvalue weighted by Gasteiger charge is -2.24. The molecule has 106 valence electrons. The van der Waals surface area contributed by atoms with E-state index >= 15 is 0 Å². The van der Waals surface area contributed by atoms with Crippen LogP contribution in [0.5, 0.6) is 0 Å². The van der Waals surface area contributed by atoms with Crippen molar-refractivity contribution < 1.29 is 9.53 Å². The van der Waals surface area contributed by atoms with E-state index in [1.54, 1.807) is 20.2 Å². The number of nitrogens with zero attached hydrogens (tertiary/aromatic N) is 1. The minimum absolute atomic E-state index is 0.00624. The number of rotatable bonds is 7. The summed E-state index contributed by atoms with van der Waals surface area (Å²) in [6.07, 6.45) is 0.897. The third-order valence-corrected chi connectivity index (χ3v) is 2.95. The maximum absolute atomic E-state index is 12.0. The minimum Gasteiger partial charge on any atom is -0.385 e. The molecule has 0 fully saturated rings. The van der Waals surface area contributed by atoms with Gasteiger partial charge in [-0.1, -0.05) is 19.9 Å². The summed E-state index contributed by atoms with van der Waals surface area (Å²) in [7, 11) is 3.46. The molecule has 0 atom stereocenters. The molecule has 0 spiro atoms. The molecule has 1 aromatic rings. The van der Waals surface area contributed by atoms with E-state index in [-0.39, 0.29) is 11.3 Å². The zero-order valence-electron chi connectivity index (χ0n) is 12.1. The fourth-order valence-corrected chi connectivity index (χ4v) is 1.58. The van der Waals surface area contributed by atoms with Gasteiger partial charge in [-0.15, -0.1) is 0 Å². The largest absolute Gasteiger partial charge is 0.385 e. The second kappa shape index (κ2) is 7.09. The Labute approximate surface area is 114 Å². The molecule has 0 aromatic carbocycles. The fraction of sp³-hybridized carbons (Fsp3) is 0.571. The highest BCUT2D eigenvalue weighted by atomic mass is 16.5. The Bertz CT molecular complexity index is 419. The first kappa shape index (κ1) is 15.4. The monoisotopic (exact) mass is 265 g/mol. The third kappa shape index (κ3) is 5.26. The Morgan fingerprint density at radius 3 is 2.79 bits per heavy atom. The summed E-state index contributed by atoms with van der Waals surface area (Å²) in [6.45, 7) is 5.49. The zero-order chi connectivity index (χ0) is 14.3. The van der Waals surface area contributed by atoms with Gasteiger partial charge < -0.3 is 15.4 Å². The molecule has 1 rings (SSSR count). The van der Waals surface area contributed by atoms with Gasteiger partial charge in [0.05, 0.1) is 0 Å². The van der Waals surface area contributed by atoms with Crippen LogP contribution < -0.4 is 10.6 Å². The number of aromatic nitrogens is 1. The molecule has 5 heteroatoms. The average molecular weight is 265 g/mol. The molecule has 0 saturated heterocycles. The lowest BCUT2D eigenvalue weighted by atomic mass is 9.89. The maximum Gasteiger partial charge on any atom is 0.269 e. The molecular formula is C14H23N3O2. The van der Waals surface area contributed by atoms with Gasteiger partial charge in [-0.2, -0.15) is 0 Å². The molecule has 1 amide bonds. The number of ether oxygens (including phenoxy) is 1. The van der Waals surface area contributed by atoms with Crippen molar-refractivity contribution >= 4 is 11.7 Å². The van der Waals surface area contributed by atoms with Gasteiger partial charge in [-0.05, 0) is 24.0 Å². The van der Waals surface area contributed by atoms with Crippen molar-refractivity contribution in [3.05, 3.63) is 23.9 Å². The van der Waals surface area contributed by atoms with Crippen LogP contribution in [0.2, 0.25) is 0 Å². The molecule has 19 heavy (non-hydrogen) atoms. The van der Waals surface area contributed by atoms with Crippen molar-refractivity contribution in [1.82, 2.24) is 10.3 Å². The summed E-state index contributed by atoms with van der Waals surface area (Å²) >= 11 is 0. The van der Waals surface area contributed by atoms with Crippen LogP contribution in [0.25, 0.3) is 0 Å². The highest BCUT2D eigenvalue weighted by molar-refractivity contribution is 5.92. The van der Waals surface area contributed by atoms with Crippen LogP contribution in [-0.2, 0) is 4.74 Å². The number of anilines is 1. The Morgan fingerprint density at radius 2 is 2.16 bits per heavy atom. The summed E-state index contributed by atoms with van der Waals surface area (Å²) in [4.78, 5) is 16.2. The van der Waals surface area contributed by atoms with E-state index in [1.165, 1.54) is 0 Å². The molecule has 5 nitrogen and oxygen atoms in total. The number of amides is 1. The second-order valence-electron chi connectivity index (χ2n) is 5.25. The molecule has 0 aliphatic heterocycles. The van der Waals surface area contributed by atoms with E-state index in [0.29, 0.717) is 24.7 Å². The lowest BCUT2D eigenvalue weighted by Crippen LogP contribution is -2.35. The number of methoxy groups -OCH3 is 1. The Hall–Kier alpha value is -1.62. The third-order valence-electron chi connectivity index (χ3n) is 2.95. The Morgan fingerprint density at radius 1 is 1.42 bits per heavy atom. The van der Waals surface area contributed by atoms with Gasteiger partial charge in [0.1, 0.15) is 11.5 Å². The Balaban J connectivity index is 2.55. The van der Waals surface area contributed by atoms with Crippen molar-refractivity contribution in [2.75, 3.05) is 32.6 Å². The fourth-order valence-electron chi connectivity index (χ4n) is 1.58. The van der Waals surface area contributed by atoms with E-state index in [1.807, 2.05) is 12.1 Å². The molecule has 1 aromatic heterocycles. The number of nitrogens with one attached hydrogen (secondary N) is 2. The SMILES string of the molecule is CNc1cccc(C(=O)NCC(C)(C)CCOC)n1. The smallest absolute Gasteiger partial charge is 0.269 e. The normalized spacial score (nSPS) is 11.2. The van der Waals surface area contributed by atoms with Crippen molar-refractivity contribution in [2.45, 2.75) is 20.3 Å². The van der Waals surface area contributed by atoms with E-state index < -0.39 is 0 Å². The first-order chi connectivity index (χ1) is 8.98. The molecule has 0 radical (unpaired) electrons. The number of hydrogen-bond donors (Lipinski definition) is 2. The van der Waals surface area contributed by atoms with Gasteiger partial charge in [-0.25, -0.2) is 4.98 Å². The Kier molecular flexibility index (Phi) is 5.76. The molecule has 0 saturated carbocycles. The van der Waals surface area contributed by atoms with E-state index in [4.69, 9.17) is 4.74 Å². The molecule has 0 bridgehead atoms. The van der Waals surface area contributed by atoms with Gasteiger partial charge in [0, 0.05) is 27.3 Å². The maximum atomic E-state index is 12.0. The molecule has 0 aliphatic carbocycles. The van der Waals surface area contributed by atoms with E-state index in [9.17, 15) is 4.79 Å². The minimum atomic E-state index is -0.150. The summed E-state index contributed by atoms with van der Waals surface area (Å²) in [5.74, 6) is 0.536. The number of hydrogen-bond acceptors (Lipinski definition) is 4. The van der Waals surface area contributed by atoms with Crippen molar-refractivity contribution in [3.8, 4) is 0 Å². The zero-order valence-corrected chi connectivity index (χ0v) is 12.1. The van der Waals surface area contributed by atoms with Crippen LogP contribution in [0, 0.1) is 5.41 Å². The highest BCUT2D eigenvalue weighted by Crippen LogP contribution is 2.18. The van der Waals surface area contributed by atoms with Crippen LogP contribution in [0.1, 0.15) is 30.8 Å². The van der Waals surface area contributed by atoms with Crippen LogP contribution >= 0.6 is 0 Å². The molecule has 2 N–H and O–H groups in total. The summed E-state index contributed by atoms with van der Waals surface area (Å²) in [5.41, 5.74) is 0.432. The summed E-state index contributed by atoms with van der Waals surface area (Å²) in [5, 5.41) is 5.83. The van der Waals surface area contributed by atoms with Crippen LogP contribution in [-0.4, -0.2) is 38.2 Å². The summed E-state index contributed by atoms with van der Waals surface area (Å²) < 4.78 is 5.07. The first-order valence-corrected chi connectivity index (χ1v) is 6.40. The number of carbonyl (C=O) groups is 1. The molecule has 0 aliphatic rings. The van der Waals surface area contributed by atoms with Crippen LogP contribution in [0.4, 0.5) is 5.82 Å². The predicted octanol–water partition coefficient (Wildman–Crippen LogP) is 1.92. The van der Waals surface area contributed by atoms with Crippen LogP contribution in [0.3, 0.4) is 0 Å². The summed E-state index contributed by atoms with van der Waals surface area (Å²) in [6, 6.07) is 5.33. The lowest BCUT2D eigenvalue weighted by molar-refractivity contribution is 0.0916. The van der Waals surface area contributed by atoms with Crippen molar-refractivity contribution in [2.24, 2.45) is 5.41 Å². The number of pyridine rings is 1. The van der Waals surface area contributed by atoms with Gasteiger partial charge in [0.2, 0.25) is 0 Å². The molecular weight excluding hydrogens is 242 g/mol. The van der Waals surface area contributed by atoms with E-state index in [0.717, 1.165) is 6.42 Å². The first-order valence-electron chi connectivity index (χ1n) is 6.40. The van der Waals surface area contributed by atoms with Gasteiger partial charge in [-0.3, -0.25) is 4.79 Å². The highest BCUT2D eigenvalue weighted by Gasteiger charge is 2.19. The number of carbonyl (C=O) groups excluding carboxylic acids is 1. The molecule has 1 heterocycles. The topological polar surface area (TPSA) is 63.2 Å². The van der Waals surface area contributed by atoms with Gasteiger partial charge >= 0.3 is 0 Å². The second-order valence-corrected chi connectivity index (χ2v) is 5.25. The van der Waals surface area contributed by atoms with Crippen molar-refractivity contribution in [1.29, 1.82) is 0 Å². The standard InChI is InChI=1S/C14H23N3O2/c1-14(2,8-9-19-4)10-16-13(18)11-6-5-7-12(15-3)17-11/h5-7H,8-10H2,1-4H3,(H,15,17)(H,16,18). The average Bonchev–Trinajstić information content (AvgIpc) is 2.43. The molecule has 0 unspecified atom stereocenters. The predicted molar refractivity (Wildman–Crippen MR) is 76.4 cm³/mol. The van der Waals surface area contributed by atoms with Gasteiger partial charge in [0.25, 0.3) is 5.91 Å². The quantitative estimate of drug-likeness (QED) is 0.790. The van der Waals surface area contributed by atoms with Gasteiger partial charge in [0.15, 0.2) is 0 Å². The van der Waals surface area contributed by atoms with Crippen LogP contribution in [0.15, 0.2) is 18.2 Å². The van der Waals surface area contributed by atoms with Crippen molar-refractivity contribution in [3.63, 3.8) is 0 Å².